The van der Waals surface area contributed by atoms with E-state index in [1.54, 1.807) is 18.3 Å². The van der Waals surface area contributed by atoms with Gasteiger partial charge in [-0.1, -0.05) is 18.2 Å². The van der Waals surface area contributed by atoms with Crippen molar-refractivity contribution in [3.8, 4) is 0 Å². The van der Waals surface area contributed by atoms with Gasteiger partial charge in [0.1, 0.15) is 5.69 Å². The molecule has 0 spiro atoms. The Kier molecular flexibility index (Phi) is 5.00. The van der Waals surface area contributed by atoms with Crippen LogP contribution >= 0.6 is 11.3 Å². The van der Waals surface area contributed by atoms with E-state index in [2.05, 4.69) is 27.4 Å². The molecule has 154 valence electrons. The summed E-state index contributed by atoms with van der Waals surface area (Å²) in [5.41, 5.74) is 1.04. The van der Waals surface area contributed by atoms with Gasteiger partial charge in [0.05, 0.1) is 5.00 Å². The standard InChI is InChI=1S/C23H24N4O2S/c1-14-21(15-7-9-27(14)10-8-15)26-23(29)18-12-19-17(13-24-18)11-20(30-19)25-22(28)16-5-3-2-4-6-16/h2-6,11-15,21H,7-10H2,1H3,(H,25,28)(H,26,29)/t14-,21+/m1/s1. The first-order valence-corrected chi connectivity index (χ1v) is 11.2. The van der Waals surface area contributed by atoms with Crippen LogP contribution < -0.4 is 10.6 Å². The molecule has 7 heteroatoms. The second kappa shape index (κ2) is 7.81. The van der Waals surface area contributed by atoms with Crippen molar-refractivity contribution in [3.63, 3.8) is 0 Å². The maximum Gasteiger partial charge on any atom is 0.270 e. The van der Waals surface area contributed by atoms with E-state index in [9.17, 15) is 9.59 Å². The average Bonchev–Trinajstić information content (AvgIpc) is 3.18. The molecule has 0 aliphatic carbocycles. The molecule has 2 amide bonds. The third kappa shape index (κ3) is 3.59. The van der Waals surface area contributed by atoms with Crippen LogP contribution in [0.1, 0.15) is 40.6 Å². The predicted octanol–water partition coefficient (Wildman–Crippen LogP) is 3.76. The molecule has 2 bridgehead atoms. The number of thiophene rings is 1. The molecule has 30 heavy (non-hydrogen) atoms. The van der Waals surface area contributed by atoms with Gasteiger partial charge in [-0.15, -0.1) is 11.3 Å². The van der Waals surface area contributed by atoms with Crippen molar-refractivity contribution in [2.45, 2.75) is 31.8 Å². The number of piperidine rings is 3. The maximum atomic E-state index is 12.9. The lowest BCUT2D eigenvalue weighted by atomic mass is 9.79. The number of hydrogen-bond donors (Lipinski definition) is 2. The highest BCUT2D eigenvalue weighted by Crippen LogP contribution is 2.33. The molecule has 3 aromatic rings. The summed E-state index contributed by atoms with van der Waals surface area (Å²) in [6, 6.07) is 13.4. The molecule has 5 heterocycles. The van der Waals surface area contributed by atoms with E-state index in [0.29, 0.717) is 23.2 Å². The molecule has 0 radical (unpaired) electrons. The average molecular weight is 421 g/mol. The second-order valence-electron chi connectivity index (χ2n) is 8.15. The highest BCUT2D eigenvalue weighted by Gasteiger charge is 2.40. The molecule has 2 N–H and O–H groups in total. The smallest absolute Gasteiger partial charge is 0.270 e. The Hall–Kier alpha value is -2.77. The quantitative estimate of drug-likeness (QED) is 0.674. The Morgan fingerprint density at radius 2 is 1.87 bits per heavy atom. The van der Waals surface area contributed by atoms with E-state index in [1.807, 2.05) is 30.3 Å². The summed E-state index contributed by atoms with van der Waals surface area (Å²) in [6.45, 7) is 4.47. The van der Waals surface area contributed by atoms with Crippen LogP contribution in [0.3, 0.4) is 0 Å². The predicted molar refractivity (Wildman–Crippen MR) is 119 cm³/mol. The minimum Gasteiger partial charge on any atom is -0.346 e. The van der Waals surface area contributed by atoms with Gasteiger partial charge < -0.3 is 10.6 Å². The number of nitrogens with zero attached hydrogens (tertiary/aromatic N) is 2. The summed E-state index contributed by atoms with van der Waals surface area (Å²) in [4.78, 5) is 32.1. The lowest BCUT2D eigenvalue weighted by Crippen LogP contribution is -2.62. The maximum absolute atomic E-state index is 12.9. The van der Waals surface area contributed by atoms with Gasteiger partial charge >= 0.3 is 0 Å². The van der Waals surface area contributed by atoms with Gasteiger partial charge in [-0.05, 0) is 63.0 Å². The van der Waals surface area contributed by atoms with Crippen LogP contribution in [-0.4, -0.2) is 46.9 Å². The molecule has 6 nitrogen and oxygen atoms in total. The Bertz CT molecular complexity index is 1090. The Labute approximate surface area is 179 Å². The fourth-order valence-corrected chi connectivity index (χ4v) is 5.63. The number of hydrogen-bond acceptors (Lipinski definition) is 5. The van der Waals surface area contributed by atoms with E-state index in [0.717, 1.165) is 41.0 Å². The number of aromatic nitrogens is 1. The molecule has 3 aliphatic rings. The number of pyridine rings is 1. The zero-order valence-electron chi connectivity index (χ0n) is 16.8. The number of benzene rings is 1. The number of anilines is 1. The Balaban J connectivity index is 1.31. The number of rotatable bonds is 4. The van der Waals surface area contributed by atoms with Crippen LogP contribution in [0.4, 0.5) is 5.00 Å². The molecule has 1 aromatic carbocycles. The van der Waals surface area contributed by atoms with E-state index in [4.69, 9.17) is 0 Å². The molecule has 0 saturated carbocycles. The molecule has 2 atom stereocenters. The van der Waals surface area contributed by atoms with Crippen molar-refractivity contribution in [1.82, 2.24) is 15.2 Å². The highest BCUT2D eigenvalue weighted by molar-refractivity contribution is 7.23. The highest BCUT2D eigenvalue weighted by atomic mass is 32.1. The van der Waals surface area contributed by atoms with Gasteiger partial charge in [0, 0.05) is 33.9 Å². The molecule has 2 aromatic heterocycles. The van der Waals surface area contributed by atoms with Gasteiger partial charge in [0.15, 0.2) is 0 Å². The number of carbonyl (C=O) groups excluding carboxylic acids is 2. The summed E-state index contributed by atoms with van der Waals surface area (Å²) >= 11 is 1.45. The normalized spacial score (nSPS) is 25.2. The van der Waals surface area contributed by atoms with Crippen molar-refractivity contribution < 1.29 is 9.59 Å². The zero-order valence-corrected chi connectivity index (χ0v) is 17.6. The number of amides is 2. The van der Waals surface area contributed by atoms with Crippen LogP contribution in [0.2, 0.25) is 0 Å². The van der Waals surface area contributed by atoms with Crippen LogP contribution in [0.15, 0.2) is 48.7 Å². The van der Waals surface area contributed by atoms with E-state index < -0.39 is 0 Å². The number of fused-ring (bicyclic) bond motifs is 4. The summed E-state index contributed by atoms with van der Waals surface area (Å²) < 4.78 is 0.931. The molecule has 0 unspecified atom stereocenters. The number of nitrogens with one attached hydrogen (secondary N) is 2. The molecular weight excluding hydrogens is 396 g/mol. The first-order chi connectivity index (χ1) is 14.6. The van der Waals surface area contributed by atoms with E-state index >= 15 is 0 Å². The third-order valence-corrected chi connectivity index (χ3v) is 7.40. The third-order valence-electron chi connectivity index (χ3n) is 6.38. The van der Waals surface area contributed by atoms with E-state index in [-0.39, 0.29) is 17.9 Å². The van der Waals surface area contributed by atoms with Crippen LogP contribution in [0.5, 0.6) is 0 Å². The Morgan fingerprint density at radius 3 is 2.60 bits per heavy atom. The van der Waals surface area contributed by atoms with Crippen LogP contribution in [0.25, 0.3) is 10.1 Å². The fraction of sp³-hybridized carbons (Fsp3) is 0.348. The molecule has 3 aliphatic heterocycles. The Morgan fingerprint density at radius 1 is 1.10 bits per heavy atom. The van der Waals surface area contributed by atoms with E-state index in [1.165, 1.54) is 11.3 Å². The van der Waals surface area contributed by atoms with Crippen molar-refractivity contribution in [2.75, 3.05) is 18.4 Å². The topological polar surface area (TPSA) is 74.3 Å². The monoisotopic (exact) mass is 420 g/mol. The summed E-state index contributed by atoms with van der Waals surface area (Å²) in [7, 11) is 0. The van der Waals surface area contributed by atoms with Gasteiger partial charge in [-0.3, -0.25) is 19.5 Å². The van der Waals surface area contributed by atoms with Crippen molar-refractivity contribution in [2.24, 2.45) is 5.92 Å². The minimum atomic E-state index is -0.149. The van der Waals surface area contributed by atoms with Gasteiger partial charge in [-0.25, -0.2) is 0 Å². The summed E-state index contributed by atoms with van der Waals surface area (Å²) in [6.07, 6.45) is 4.01. The molecule has 6 rings (SSSR count). The largest absolute Gasteiger partial charge is 0.346 e. The van der Waals surface area contributed by atoms with Crippen molar-refractivity contribution >= 4 is 38.2 Å². The van der Waals surface area contributed by atoms with Crippen LogP contribution in [0, 0.1) is 5.92 Å². The lowest BCUT2D eigenvalue weighted by Gasteiger charge is -2.49. The van der Waals surface area contributed by atoms with Crippen molar-refractivity contribution in [3.05, 3.63) is 59.9 Å². The molecule has 3 saturated heterocycles. The van der Waals surface area contributed by atoms with Gasteiger partial charge in [-0.2, -0.15) is 0 Å². The lowest BCUT2D eigenvalue weighted by molar-refractivity contribution is 0.0216. The summed E-state index contributed by atoms with van der Waals surface area (Å²) in [5.74, 6) is 0.286. The SMILES string of the molecule is C[C@@H]1[C@H](NC(=O)c2cc3sc(NC(=O)c4ccccc4)cc3cn2)C2CCN1CC2. The van der Waals surface area contributed by atoms with Gasteiger partial charge in [0.25, 0.3) is 11.8 Å². The zero-order chi connectivity index (χ0) is 20.7. The summed E-state index contributed by atoms with van der Waals surface area (Å²) in [5, 5.41) is 7.82. The molecule has 3 fully saturated rings. The first kappa shape index (κ1) is 19.2. The van der Waals surface area contributed by atoms with Gasteiger partial charge in [0.2, 0.25) is 0 Å². The van der Waals surface area contributed by atoms with Crippen molar-refractivity contribution in [1.29, 1.82) is 0 Å². The molecular formula is C23H24N4O2S. The second-order valence-corrected chi connectivity index (χ2v) is 9.24. The van der Waals surface area contributed by atoms with Crippen LogP contribution in [-0.2, 0) is 0 Å². The first-order valence-electron chi connectivity index (χ1n) is 10.4. The minimum absolute atomic E-state index is 0.120. The number of carbonyl (C=O) groups is 2. The fourth-order valence-electron chi connectivity index (χ4n) is 4.66.